The summed E-state index contributed by atoms with van der Waals surface area (Å²) >= 11 is 0. The predicted octanol–water partition coefficient (Wildman–Crippen LogP) is 3.45. The number of ether oxygens (including phenoxy) is 1. The number of rotatable bonds is 7. The van der Waals surface area contributed by atoms with Gasteiger partial charge in [0.05, 0.1) is 7.11 Å². The van der Waals surface area contributed by atoms with E-state index in [2.05, 4.69) is 68.1 Å². The Morgan fingerprint density at radius 3 is 2.26 bits per heavy atom. The Balaban J connectivity index is 0.00000341. The van der Waals surface area contributed by atoms with Gasteiger partial charge in [0.25, 0.3) is 0 Å². The van der Waals surface area contributed by atoms with Gasteiger partial charge in [-0.3, -0.25) is 4.99 Å². The summed E-state index contributed by atoms with van der Waals surface area (Å²) in [6, 6.07) is 12.5. The molecule has 8 heteroatoms. The molecule has 0 spiro atoms. The van der Waals surface area contributed by atoms with Gasteiger partial charge in [0, 0.05) is 64.7 Å². The fourth-order valence-corrected chi connectivity index (χ4v) is 3.74. The van der Waals surface area contributed by atoms with Crippen molar-refractivity contribution < 1.29 is 4.74 Å². The number of nitrogens with zero attached hydrogens (tertiary/aromatic N) is 5. The zero-order valence-corrected chi connectivity index (χ0v) is 21.4. The second kappa shape index (κ2) is 12.6. The van der Waals surface area contributed by atoms with E-state index in [-0.39, 0.29) is 24.0 Å². The number of benzene rings is 1. The second-order valence-electron chi connectivity index (χ2n) is 7.27. The van der Waals surface area contributed by atoms with E-state index >= 15 is 0 Å². The quantitative estimate of drug-likeness (QED) is 0.331. The monoisotopic (exact) mass is 538 g/mol. The zero-order valence-electron chi connectivity index (χ0n) is 19.0. The summed E-state index contributed by atoms with van der Waals surface area (Å²) in [5.41, 5.74) is 2.39. The summed E-state index contributed by atoms with van der Waals surface area (Å²) in [5.74, 6) is 2.86. The molecule has 1 aliphatic heterocycles. The van der Waals surface area contributed by atoms with Gasteiger partial charge in [-0.05, 0) is 49.7 Å². The molecule has 31 heavy (non-hydrogen) atoms. The Hall–Kier alpha value is -2.23. The number of hydrogen-bond donors (Lipinski definition) is 1. The number of aliphatic imine (C=N–C) groups is 1. The average molecular weight is 538 g/mol. The molecule has 0 aliphatic carbocycles. The van der Waals surface area contributed by atoms with E-state index < -0.39 is 0 Å². The third kappa shape index (κ3) is 6.62. The van der Waals surface area contributed by atoms with Gasteiger partial charge in [0.15, 0.2) is 5.96 Å². The highest BCUT2D eigenvalue weighted by Gasteiger charge is 2.20. The maximum Gasteiger partial charge on any atom is 0.194 e. The van der Waals surface area contributed by atoms with Crippen molar-refractivity contribution in [1.82, 2.24) is 15.2 Å². The van der Waals surface area contributed by atoms with Crippen LogP contribution in [-0.4, -0.2) is 69.3 Å². The van der Waals surface area contributed by atoms with Crippen molar-refractivity contribution in [2.45, 2.75) is 20.4 Å². The zero-order chi connectivity index (χ0) is 21.3. The first-order valence-electron chi connectivity index (χ1n) is 10.7. The van der Waals surface area contributed by atoms with E-state index in [9.17, 15) is 0 Å². The number of aromatic nitrogens is 1. The van der Waals surface area contributed by atoms with Gasteiger partial charge >= 0.3 is 0 Å². The third-order valence-electron chi connectivity index (χ3n) is 5.58. The normalized spacial score (nSPS) is 14.1. The topological polar surface area (TPSA) is 56.2 Å². The van der Waals surface area contributed by atoms with E-state index in [0.29, 0.717) is 0 Å². The van der Waals surface area contributed by atoms with Crippen LogP contribution in [0.5, 0.6) is 5.75 Å². The lowest BCUT2D eigenvalue weighted by molar-refractivity contribution is 0.372. The number of piperazine rings is 1. The predicted molar refractivity (Wildman–Crippen MR) is 140 cm³/mol. The van der Waals surface area contributed by atoms with Crippen molar-refractivity contribution in [3.8, 4) is 5.75 Å². The lowest BCUT2D eigenvalue weighted by atomic mass is 10.2. The van der Waals surface area contributed by atoms with E-state index in [0.717, 1.165) is 68.9 Å². The van der Waals surface area contributed by atoms with Crippen molar-refractivity contribution in [3.63, 3.8) is 0 Å². The Labute approximate surface area is 203 Å². The lowest BCUT2D eigenvalue weighted by Gasteiger charge is -2.37. The molecule has 1 fully saturated rings. The molecule has 0 atom stereocenters. The molecule has 1 aliphatic rings. The van der Waals surface area contributed by atoms with Crippen molar-refractivity contribution in [1.29, 1.82) is 0 Å². The van der Waals surface area contributed by atoms with Gasteiger partial charge in [-0.2, -0.15) is 0 Å². The molecule has 0 saturated carbocycles. The number of hydrogen-bond acceptors (Lipinski definition) is 5. The Bertz CT molecular complexity index is 800. The van der Waals surface area contributed by atoms with Crippen LogP contribution in [0.2, 0.25) is 0 Å². The van der Waals surface area contributed by atoms with Gasteiger partial charge in [0.2, 0.25) is 0 Å². The molecule has 3 rings (SSSR count). The third-order valence-corrected chi connectivity index (χ3v) is 5.58. The summed E-state index contributed by atoms with van der Waals surface area (Å²) in [6.45, 7) is 10.8. The first-order valence-corrected chi connectivity index (χ1v) is 10.7. The maximum absolute atomic E-state index is 5.25. The van der Waals surface area contributed by atoms with Crippen LogP contribution < -0.4 is 19.9 Å². The summed E-state index contributed by atoms with van der Waals surface area (Å²) < 4.78 is 5.25. The fraction of sp³-hybridized carbons (Fsp3) is 0.478. The van der Waals surface area contributed by atoms with Crippen LogP contribution in [0.15, 0.2) is 47.6 Å². The fourth-order valence-electron chi connectivity index (χ4n) is 3.74. The number of nitrogens with one attached hydrogen (secondary N) is 1. The van der Waals surface area contributed by atoms with E-state index in [1.807, 2.05) is 25.4 Å². The van der Waals surface area contributed by atoms with E-state index in [1.54, 1.807) is 7.11 Å². The number of methoxy groups -OCH3 is 1. The van der Waals surface area contributed by atoms with Crippen LogP contribution in [0.4, 0.5) is 11.5 Å². The summed E-state index contributed by atoms with van der Waals surface area (Å²) in [4.78, 5) is 16.1. The largest absolute Gasteiger partial charge is 0.497 e. The molecular formula is C23H35IN6O. The molecular weight excluding hydrogens is 503 g/mol. The molecule has 1 saturated heterocycles. The van der Waals surface area contributed by atoms with Gasteiger partial charge in [-0.25, -0.2) is 4.98 Å². The Morgan fingerprint density at radius 2 is 1.74 bits per heavy atom. The van der Waals surface area contributed by atoms with Crippen molar-refractivity contribution in [2.24, 2.45) is 4.99 Å². The number of halogens is 1. The minimum Gasteiger partial charge on any atom is -0.497 e. The molecule has 1 N–H and O–H groups in total. The number of pyridine rings is 1. The second-order valence-corrected chi connectivity index (χ2v) is 7.27. The molecule has 170 valence electrons. The van der Waals surface area contributed by atoms with Crippen molar-refractivity contribution >= 4 is 41.4 Å². The number of anilines is 2. The lowest BCUT2D eigenvalue weighted by Crippen LogP contribution is -2.52. The van der Waals surface area contributed by atoms with Gasteiger partial charge in [0.1, 0.15) is 11.6 Å². The average Bonchev–Trinajstić information content (AvgIpc) is 2.81. The van der Waals surface area contributed by atoms with Crippen molar-refractivity contribution in [3.05, 3.63) is 48.2 Å². The molecule has 0 bridgehead atoms. The van der Waals surface area contributed by atoms with Crippen LogP contribution in [-0.2, 0) is 6.54 Å². The van der Waals surface area contributed by atoms with Crippen LogP contribution in [0, 0.1) is 0 Å². The highest BCUT2D eigenvalue weighted by Crippen LogP contribution is 2.20. The SMILES string of the molecule is CCN(CC)c1ccc(CNC(=NC)N2CCN(c3ccc(OC)cc3)CC2)cn1.I. The van der Waals surface area contributed by atoms with Crippen LogP contribution in [0.1, 0.15) is 19.4 Å². The molecule has 0 unspecified atom stereocenters. The van der Waals surface area contributed by atoms with Gasteiger partial charge in [-0.1, -0.05) is 6.07 Å². The molecule has 0 amide bonds. The molecule has 1 aromatic heterocycles. The van der Waals surface area contributed by atoms with E-state index in [1.165, 1.54) is 5.69 Å². The maximum atomic E-state index is 5.25. The molecule has 2 aromatic rings. The first-order chi connectivity index (χ1) is 14.7. The molecule has 2 heterocycles. The minimum absolute atomic E-state index is 0. The van der Waals surface area contributed by atoms with Crippen LogP contribution in [0.25, 0.3) is 0 Å². The molecule has 0 radical (unpaired) electrons. The summed E-state index contributed by atoms with van der Waals surface area (Å²) in [5, 5.41) is 3.49. The Kier molecular flexibility index (Phi) is 10.2. The molecule has 1 aromatic carbocycles. The van der Waals surface area contributed by atoms with Crippen LogP contribution in [0.3, 0.4) is 0 Å². The highest BCUT2D eigenvalue weighted by molar-refractivity contribution is 14.0. The summed E-state index contributed by atoms with van der Waals surface area (Å²) in [6.07, 6.45) is 1.95. The first kappa shape index (κ1) is 25.0. The highest BCUT2D eigenvalue weighted by atomic mass is 127. The smallest absolute Gasteiger partial charge is 0.194 e. The minimum atomic E-state index is 0. The Morgan fingerprint density at radius 1 is 1.06 bits per heavy atom. The van der Waals surface area contributed by atoms with Gasteiger partial charge in [-0.15, -0.1) is 24.0 Å². The molecule has 7 nitrogen and oxygen atoms in total. The van der Waals surface area contributed by atoms with Gasteiger partial charge < -0.3 is 24.8 Å². The van der Waals surface area contributed by atoms with Crippen molar-refractivity contribution in [2.75, 3.05) is 63.2 Å². The van der Waals surface area contributed by atoms with E-state index in [4.69, 9.17) is 4.74 Å². The number of guanidine groups is 1. The summed E-state index contributed by atoms with van der Waals surface area (Å²) in [7, 11) is 3.54. The van der Waals surface area contributed by atoms with Crippen LogP contribution >= 0.6 is 24.0 Å². The standard InChI is InChI=1S/C23H34N6O.HI/c1-5-27(6-2)22-12-7-19(17-25-22)18-26-23(24-3)29-15-13-28(14-16-29)20-8-10-21(30-4)11-9-20;/h7-12,17H,5-6,13-16,18H2,1-4H3,(H,24,26);1H.